The molecule has 0 aliphatic carbocycles. The second-order valence-corrected chi connectivity index (χ2v) is 7.05. The molecule has 22 heavy (non-hydrogen) atoms. The second kappa shape index (κ2) is 7.17. The SMILES string of the molecule is CCS(=O)(=O)c1ccc(CCNC(=O)c2ccccn2)cc1. The van der Waals surface area contributed by atoms with E-state index in [1.165, 1.54) is 0 Å². The number of nitrogens with one attached hydrogen (secondary N) is 1. The van der Waals surface area contributed by atoms with E-state index in [1.54, 1.807) is 55.6 Å². The van der Waals surface area contributed by atoms with E-state index in [2.05, 4.69) is 10.3 Å². The topological polar surface area (TPSA) is 76.1 Å². The molecular formula is C16H18N2O3S. The predicted molar refractivity (Wildman–Crippen MR) is 84.4 cm³/mol. The monoisotopic (exact) mass is 318 g/mol. The average Bonchev–Trinajstić information content (AvgIpc) is 2.56. The van der Waals surface area contributed by atoms with Gasteiger partial charge in [-0.3, -0.25) is 9.78 Å². The number of hydrogen-bond donors (Lipinski definition) is 1. The normalized spacial score (nSPS) is 11.1. The van der Waals surface area contributed by atoms with Crippen LogP contribution in [-0.2, 0) is 16.3 Å². The van der Waals surface area contributed by atoms with Gasteiger partial charge in [0.25, 0.3) is 5.91 Å². The first kappa shape index (κ1) is 16.2. The number of carbonyl (C=O) groups excluding carboxylic acids is 1. The van der Waals surface area contributed by atoms with Crippen LogP contribution in [0.15, 0.2) is 53.6 Å². The van der Waals surface area contributed by atoms with Crippen molar-refractivity contribution in [3.05, 3.63) is 59.9 Å². The summed E-state index contributed by atoms with van der Waals surface area (Å²) in [6, 6.07) is 11.9. The number of sulfone groups is 1. The Hall–Kier alpha value is -2.21. The van der Waals surface area contributed by atoms with Gasteiger partial charge in [-0.05, 0) is 36.2 Å². The summed E-state index contributed by atoms with van der Waals surface area (Å²) >= 11 is 0. The minimum atomic E-state index is -3.16. The summed E-state index contributed by atoms with van der Waals surface area (Å²) < 4.78 is 23.4. The number of hydrogen-bond acceptors (Lipinski definition) is 4. The molecule has 0 saturated carbocycles. The van der Waals surface area contributed by atoms with E-state index in [0.717, 1.165) is 5.56 Å². The van der Waals surface area contributed by atoms with Crippen LogP contribution in [0.1, 0.15) is 23.0 Å². The highest BCUT2D eigenvalue weighted by Gasteiger charge is 2.10. The fourth-order valence-corrected chi connectivity index (χ4v) is 2.82. The Morgan fingerprint density at radius 3 is 2.45 bits per heavy atom. The van der Waals surface area contributed by atoms with Crippen molar-refractivity contribution in [1.29, 1.82) is 0 Å². The first-order valence-corrected chi connectivity index (χ1v) is 8.69. The van der Waals surface area contributed by atoms with Crippen LogP contribution in [-0.4, -0.2) is 31.6 Å². The Balaban J connectivity index is 1.89. The molecule has 0 unspecified atom stereocenters. The van der Waals surface area contributed by atoms with Gasteiger partial charge < -0.3 is 5.32 Å². The summed E-state index contributed by atoms with van der Waals surface area (Å²) in [4.78, 5) is 16.1. The number of carbonyl (C=O) groups is 1. The van der Waals surface area contributed by atoms with E-state index in [9.17, 15) is 13.2 Å². The molecule has 0 radical (unpaired) electrons. The fraction of sp³-hybridized carbons (Fsp3) is 0.250. The molecule has 0 aliphatic rings. The summed E-state index contributed by atoms with van der Waals surface area (Å²) in [5.74, 6) is -0.127. The molecule has 1 amide bonds. The van der Waals surface area contributed by atoms with Gasteiger partial charge >= 0.3 is 0 Å². The highest BCUT2D eigenvalue weighted by Crippen LogP contribution is 2.12. The number of pyridine rings is 1. The highest BCUT2D eigenvalue weighted by molar-refractivity contribution is 7.91. The summed E-state index contributed by atoms with van der Waals surface area (Å²) in [6.07, 6.45) is 2.20. The Bertz CT molecular complexity index is 726. The van der Waals surface area contributed by atoms with Gasteiger partial charge in [-0.15, -0.1) is 0 Å². The zero-order valence-corrected chi connectivity index (χ0v) is 13.1. The molecule has 1 aromatic carbocycles. The molecule has 0 fully saturated rings. The molecule has 1 N–H and O–H groups in total. The van der Waals surface area contributed by atoms with Gasteiger partial charge in [0.05, 0.1) is 10.6 Å². The van der Waals surface area contributed by atoms with Crippen molar-refractivity contribution in [3.8, 4) is 0 Å². The van der Waals surface area contributed by atoms with Crippen LogP contribution in [0.5, 0.6) is 0 Å². The molecule has 116 valence electrons. The third-order valence-corrected chi connectivity index (χ3v) is 5.01. The van der Waals surface area contributed by atoms with Gasteiger partial charge in [-0.25, -0.2) is 8.42 Å². The molecule has 0 aliphatic heterocycles. The van der Waals surface area contributed by atoms with E-state index >= 15 is 0 Å². The van der Waals surface area contributed by atoms with Crippen LogP contribution >= 0.6 is 0 Å². The van der Waals surface area contributed by atoms with Crippen molar-refractivity contribution < 1.29 is 13.2 Å². The van der Waals surface area contributed by atoms with Gasteiger partial charge in [0.15, 0.2) is 9.84 Å². The van der Waals surface area contributed by atoms with Crippen LogP contribution in [0.25, 0.3) is 0 Å². The van der Waals surface area contributed by atoms with Crippen molar-refractivity contribution in [2.45, 2.75) is 18.2 Å². The Morgan fingerprint density at radius 2 is 1.86 bits per heavy atom. The lowest BCUT2D eigenvalue weighted by atomic mass is 10.1. The minimum absolute atomic E-state index is 0.0898. The molecular weight excluding hydrogens is 300 g/mol. The lowest BCUT2D eigenvalue weighted by molar-refractivity contribution is 0.0949. The van der Waals surface area contributed by atoms with Gasteiger partial charge in [-0.1, -0.05) is 25.1 Å². The van der Waals surface area contributed by atoms with Crippen molar-refractivity contribution in [1.82, 2.24) is 10.3 Å². The van der Waals surface area contributed by atoms with Crippen molar-refractivity contribution in [2.75, 3.05) is 12.3 Å². The average molecular weight is 318 g/mol. The quantitative estimate of drug-likeness (QED) is 0.882. The Morgan fingerprint density at radius 1 is 1.14 bits per heavy atom. The van der Waals surface area contributed by atoms with E-state index in [1.807, 2.05) is 0 Å². The third-order valence-electron chi connectivity index (χ3n) is 3.26. The molecule has 1 heterocycles. The maximum Gasteiger partial charge on any atom is 0.269 e. The number of nitrogens with zero attached hydrogens (tertiary/aromatic N) is 1. The molecule has 2 aromatic rings. The van der Waals surface area contributed by atoms with Crippen LogP contribution in [0.3, 0.4) is 0 Å². The number of amides is 1. The fourth-order valence-electron chi connectivity index (χ4n) is 1.94. The smallest absolute Gasteiger partial charge is 0.269 e. The van der Waals surface area contributed by atoms with Gasteiger partial charge in [0, 0.05) is 12.7 Å². The molecule has 0 atom stereocenters. The zero-order chi connectivity index (χ0) is 16.0. The third kappa shape index (κ3) is 4.14. The molecule has 0 saturated heterocycles. The molecule has 0 bridgehead atoms. The summed E-state index contributed by atoms with van der Waals surface area (Å²) in [6.45, 7) is 2.09. The van der Waals surface area contributed by atoms with Gasteiger partial charge in [-0.2, -0.15) is 0 Å². The van der Waals surface area contributed by atoms with E-state index in [0.29, 0.717) is 23.6 Å². The first-order valence-electron chi connectivity index (χ1n) is 7.04. The first-order chi connectivity index (χ1) is 10.5. The second-order valence-electron chi connectivity index (χ2n) is 4.77. The standard InChI is InChI=1S/C16H18N2O3S/c1-2-22(20,21)14-8-6-13(7-9-14)10-12-18-16(19)15-5-3-4-11-17-15/h3-9,11H,2,10,12H2,1H3,(H,18,19). The van der Waals surface area contributed by atoms with E-state index < -0.39 is 9.84 Å². The van der Waals surface area contributed by atoms with Crippen LogP contribution in [0, 0.1) is 0 Å². The number of aromatic nitrogens is 1. The van der Waals surface area contributed by atoms with Crippen molar-refractivity contribution in [2.24, 2.45) is 0 Å². The van der Waals surface area contributed by atoms with Crippen LogP contribution in [0.2, 0.25) is 0 Å². The maximum absolute atomic E-state index is 11.8. The van der Waals surface area contributed by atoms with Crippen LogP contribution in [0.4, 0.5) is 0 Å². The van der Waals surface area contributed by atoms with Crippen LogP contribution < -0.4 is 5.32 Å². The van der Waals surface area contributed by atoms with Crippen molar-refractivity contribution >= 4 is 15.7 Å². The Labute approximate surface area is 130 Å². The molecule has 1 aromatic heterocycles. The minimum Gasteiger partial charge on any atom is -0.350 e. The molecule has 0 spiro atoms. The zero-order valence-electron chi connectivity index (χ0n) is 12.3. The van der Waals surface area contributed by atoms with Gasteiger partial charge in [0.1, 0.15) is 5.69 Å². The Kier molecular flexibility index (Phi) is 5.27. The highest BCUT2D eigenvalue weighted by atomic mass is 32.2. The van der Waals surface area contributed by atoms with E-state index in [4.69, 9.17) is 0 Å². The van der Waals surface area contributed by atoms with Gasteiger partial charge in [0.2, 0.25) is 0 Å². The number of benzene rings is 1. The molecule has 5 nitrogen and oxygen atoms in total. The number of rotatable bonds is 6. The largest absolute Gasteiger partial charge is 0.350 e. The molecule has 2 rings (SSSR count). The van der Waals surface area contributed by atoms with Crippen molar-refractivity contribution in [3.63, 3.8) is 0 Å². The summed E-state index contributed by atoms with van der Waals surface area (Å²) in [7, 11) is -3.16. The lowest BCUT2D eigenvalue weighted by Gasteiger charge is -2.06. The summed E-state index contributed by atoms with van der Waals surface area (Å²) in [5, 5.41) is 2.78. The van der Waals surface area contributed by atoms with E-state index in [-0.39, 0.29) is 11.7 Å². The maximum atomic E-state index is 11.8. The molecule has 6 heteroatoms. The summed E-state index contributed by atoms with van der Waals surface area (Å²) in [5.41, 5.74) is 1.35. The predicted octanol–water partition coefficient (Wildman–Crippen LogP) is 1.85. The lowest BCUT2D eigenvalue weighted by Crippen LogP contribution is -2.26.